The van der Waals surface area contributed by atoms with Gasteiger partial charge in [-0.1, -0.05) is 0 Å². The van der Waals surface area contributed by atoms with Gasteiger partial charge in [0.1, 0.15) is 0 Å². The van der Waals surface area contributed by atoms with Gasteiger partial charge in [0.25, 0.3) is 0 Å². The Morgan fingerprint density at radius 1 is 1.59 bits per heavy atom. The van der Waals surface area contributed by atoms with Crippen LogP contribution in [0.1, 0.15) is 23.2 Å². The number of carbonyl (C=O) groups is 1. The van der Waals surface area contributed by atoms with Gasteiger partial charge in [-0.3, -0.25) is 0 Å². The van der Waals surface area contributed by atoms with Crippen LogP contribution in [0.2, 0.25) is 0 Å². The minimum absolute atomic E-state index is 0.108. The van der Waals surface area contributed by atoms with Crippen molar-refractivity contribution in [2.24, 2.45) is 0 Å². The molecule has 0 saturated carbocycles. The van der Waals surface area contributed by atoms with E-state index in [4.69, 9.17) is 9.84 Å². The first-order chi connectivity index (χ1) is 8.22. The van der Waals surface area contributed by atoms with Crippen molar-refractivity contribution in [3.05, 3.63) is 18.0 Å². The van der Waals surface area contributed by atoms with Gasteiger partial charge in [0.05, 0.1) is 18.2 Å². The van der Waals surface area contributed by atoms with Crippen LogP contribution >= 0.6 is 0 Å². The van der Waals surface area contributed by atoms with Crippen LogP contribution in [0.4, 0.5) is 5.95 Å². The zero-order valence-electron chi connectivity index (χ0n) is 9.67. The van der Waals surface area contributed by atoms with Crippen LogP contribution in [0.15, 0.2) is 12.4 Å². The second-order valence-electron chi connectivity index (χ2n) is 4.02. The molecule has 1 aliphatic heterocycles. The molecule has 1 aliphatic rings. The van der Waals surface area contributed by atoms with E-state index in [0.717, 1.165) is 19.4 Å². The molecule has 1 aromatic rings. The summed E-state index contributed by atoms with van der Waals surface area (Å²) in [6.45, 7) is 1.53. The van der Waals surface area contributed by atoms with Gasteiger partial charge < -0.3 is 14.7 Å². The van der Waals surface area contributed by atoms with Crippen molar-refractivity contribution in [3.8, 4) is 0 Å². The number of hydrogen-bond acceptors (Lipinski definition) is 5. The molecular weight excluding hydrogens is 222 g/mol. The maximum Gasteiger partial charge on any atom is 0.338 e. The summed E-state index contributed by atoms with van der Waals surface area (Å²) in [7, 11) is 1.67. The normalized spacial score (nSPS) is 19.6. The van der Waals surface area contributed by atoms with Gasteiger partial charge in [-0.25, -0.2) is 14.8 Å². The third-order valence-electron chi connectivity index (χ3n) is 2.88. The summed E-state index contributed by atoms with van der Waals surface area (Å²) in [5, 5.41) is 8.76. The summed E-state index contributed by atoms with van der Waals surface area (Å²) in [5.41, 5.74) is 0.108. The molecule has 0 bridgehead atoms. The molecule has 0 spiro atoms. The van der Waals surface area contributed by atoms with E-state index in [1.807, 2.05) is 0 Å². The number of rotatable bonds is 4. The molecule has 6 heteroatoms. The lowest BCUT2D eigenvalue weighted by Crippen LogP contribution is -2.34. The minimum Gasteiger partial charge on any atom is -0.478 e. The van der Waals surface area contributed by atoms with Crippen LogP contribution in [0.3, 0.4) is 0 Å². The standard InChI is InChI=1S/C11H15N3O3/c1-17-7-9-3-2-4-14(9)11-12-5-8(6-13-11)10(15)16/h5-6,9H,2-4,7H2,1H3,(H,15,16). The van der Waals surface area contributed by atoms with E-state index in [1.165, 1.54) is 12.4 Å². The van der Waals surface area contributed by atoms with E-state index in [-0.39, 0.29) is 11.6 Å². The number of methoxy groups -OCH3 is 1. The highest BCUT2D eigenvalue weighted by atomic mass is 16.5. The number of carboxylic acids is 1. The zero-order chi connectivity index (χ0) is 12.3. The van der Waals surface area contributed by atoms with Gasteiger partial charge >= 0.3 is 5.97 Å². The molecule has 0 amide bonds. The van der Waals surface area contributed by atoms with Crippen molar-refractivity contribution in [2.75, 3.05) is 25.2 Å². The van der Waals surface area contributed by atoms with Crippen molar-refractivity contribution >= 4 is 11.9 Å². The Bertz CT molecular complexity index is 393. The van der Waals surface area contributed by atoms with E-state index in [0.29, 0.717) is 12.6 Å². The number of aromatic nitrogens is 2. The third-order valence-corrected chi connectivity index (χ3v) is 2.88. The Kier molecular flexibility index (Phi) is 3.53. The van der Waals surface area contributed by atoms with Crippen molar-refractivity contribution in [3.63, 3.8) is 0 Å². The second kappa shape index (κ2) is 5.09. The smallest absolute Gasteiger partial charge is 0.338 e. The van der Waals surface area contributed by atoms with Crippen molar-refractivity contribution in [2.45, 2.75) is 18.9 Å². The molecular formula is C11H15N3O3. The topological polar surface area (TPSA) is 75.5 Å². The van der Waals surface area contributed by atoms with Crippen LogP contribution in [-0.2, 0) is 4.74 Å². The van der Waals surface area contributed by atoms with Crippen LogP contribution in [0.25, 0.3) is 0 Å². The van der Waals surface area contributed by atoms with E-state index in [2.05, 4.69) is 14.9 Å². The molecule has 1 aromatic heterocycles. The van der Waals surface area contributed by atoms with Crippen molar-refractivity contribution < 1.29 is 14.6 Å². The van der Waals surface area contributed by atoms with E-state index >= 15 is 0 Å². The highest BCUT2D eigenvalue weighted by molar-refractivity contribution is 5.86. The third kappa shape index (κ3) is 2.52. The maximum atomic E-state index is 10.7. The molecule has 1 unspecified atom stereocenters. The van der Waals surface area contributed by atoms with E-state index in [1.54, 1.807) is 7.11 Å². The fourth-order valence-electron chi connectivity index (χ4n) is 2.04. The predicted octanol–water partition coefficient (Wildman–Crippen LogP) is 0.790. The summed E-state index contributed by atoms with van der Waals surface area (Å²) >= 11 is 0. The molecule has 92 valence electrons. The predicted molar refractivity (Wildman–Crippen MR) is 61.2 cm³/mol. The SMILES string of the molecule is COCC1CCCN1c1ncc(C(=O)O)cn1. The number of hydrogen-bond donors (Lipinski definition) is 1. The van der Waals surface area contributed by atoms with Crippen molar-refractivity contribution in [1.29, 1.82) is 0 Å². The lowest BCUT2D eigenvalue weighted by Gasteiger charge is -2.23. The number of anilines is 1. The van der Waals surface area contributed by atoms with Gasteiger partial charge in [-0.2, -0.15) is 0 Å². The first-order valence-electron chi connectivity index (χ1n) is 5.53. The monoisotopic (exact) mass is 237 g/mol. The Balaban J connectivity index is 2.13. The fourth-order valence-corrected chi connectivity index (χ4v) is 2.04. The highest BCUT2D eigenvalue weighted by Crippen LogP contribution is 2.22. The number of nitrogens with zero attached hydrogens (tertiary/aromatic N) is 3. The molecule has 1 saturated heterocycles. The molecule has 0 aromatic carbocycles. The molecule has 2 rings (SSSR count). The first kappa shape index (κ1) is 11.8. The Hall–Kier alpha value is -1.69. The molecule has 6 nitrogen and oxygen atoms in total. The molecule has 1 atom stereocenters. The van der Waals surface area contributed by atoms with Gasteiger partial charge in [-0.05, 0) is 12.8 Å². The van der Waals surface area contributed by atoms with Gasteiger partial charge in [0, 0.05) is 26.0 Å². The van der Waals surface area contributed by atoms with Crippen LogP contribution in [0.5, 0.6) is 0 Å². The zero-order valence-corrected chi connectivity index (χ0v) is 9.67. The Morgan fingerprint density at radius 2 is 2.29 bits per heavy atom. The van der Waals surface area contributed by atoms with Crippen LogP contribution in [0, 0.1) is 0 Å². The number of aromatic carboxylic acids is 1. The average Bonchev–Trinajstić information content (AvgIpc) is 2.78. The van der Waals surface area contributed by atoms with Gasteiger partial charge in [0.2, 0.25) is 5.95 Å². The van der Waals surface area contributed by atoms with E-state index < -0.39 is 5.97 Å². The molecule has 1 fully saturated rings. The highest BCUT2D eigenvalue weighted by Gasteiger charge is 2.26. The van der Waals surface area contributed by atoms with Crippen LogP contribution in [-0.4, -0.2) is 47.3 Å². The van der Waals surface area contributed by atoms with Gasteiger partial charge in [-0.15, -0.1) is 0 Å². The largest absolute Gasteiger partial charge is 0.478 e. The molecule has 2 heterocycles. The molecule has 0 radical (unpaired) electrons. The summed E-state index contributed by atoms with van der Waals surface area (Å²) in [6, 6.07) is 0.288. The van der Waals surface area contributed by atoms with E-state index in [9.17, 15) is 4.79 Å². The average molecular weight is 237 g/mol. The molecule has 17 heavy (non-hydrogen) atoms. The second-order valence-corrected chi connectivity index (χ2v) is 4.02. The molecule has 1 N–H and O–H groups in total. The summed E-state index contributed by atoms with van der Waals surface area (Å²) in [5.74, 6) is -0.430. The lowest BCUT2D eigenvalue weighted by molar-refractivity contribution is 0.0696. The Labute approximate surface area is 99.2 Å². The van der Waals surface area contributed by atoms with Crippen LogP contribution < -0.4 is 4.90 Å². The number of carboxylic acid groups (broad SMARTS) is 1. The summed E-state index contributed by atoms with van der Waals surface area (Å²) in [6.07, 6.45) is 4.82. The molecule has 0 aliphatic carbocycles. The summed E-state index contributed by atoms with van der Waals surface area (Å²) in [4.78, 5) is 20.9. The lowest BCUT2D eigenvalue weighted by atomic mass is 10.2. The quantitative estimate of drug-likeness (QED) is 0.834. The fraction of sp³-hybridized carbons (Fsp3) is 0.545. The minimum atomic E-state index is -1.01. The van der Waals surface area contributed by atoms with Gasteiger partial charge in [0.15, 0.2) is 0 Å². The first-order valence-corrected chi connectivity index (χ1v) is 5.53. The summed E-state index contributed by atoms with van der Waals surface area (Å²) < 4.78 is 5.15. The van der Waals surface area contributed by atoms with Crippen molar-refractivity contribution in [1.82, 2.24) is 9.97 Å². The maximum absolute atomic E-state index is 10.7. The Morgan fingerprint density at radius 3 is 2.88 bits per heavy atom. The number of ether oxygens (including phenoxy) is 1.